The van der Waals surface area contributed by atoms with Crippen LogP contribution in [0.25, 0.3) is 11.0 Å². The van der Waals surface area contributed by atoms with Crippen LogP contribution in [0.3, 0.4) is 0 Å². The van der Waals surface area contributed by atoms with Gasteiger partial charge in [-0.05, 0) is 24.6 Å². The first-order chi connectivity index (χ1) is 15.9. The van der Waals surface area contributed by atoms with Gasteiger partial charge in [-0.2, -0.15) is 0 Å². The normalized spacial score (nSPS) is 15.2. The fraction of sp³-hybridized carbons (Fsp3) is 0.200. The minimum atomic E-state index is -1.12. The number of halogens is 2. The molecule has 1 aromatic heterocycles. The van der Waals surface area contributed by atoms with Gasteiger partial charge in [0.15, 0.2) is 0 Å². The highest BCUT2D eigenvalue weighted by Gasteiger charge is 2.29. The smallest absolute Gasteiger partial charge is 0.335 e. The molecule has 0 saturated carbocycles. The lowest BCUT2D eigenvalue weighted by Gasteiger charge is -2.27. The summed E-state index contributed by atoms with van der Waals surface area (Å²) in [6, 6.07) is 14.6. The molecule has 5 rings (SSSR count). The predicted octanol–water partition coefficient (Wildman–Crippen LogP) is 5.27. The number of imidazole rings is 1. The Balaban J connectivity index is 1.61. The summed E-state index contributed by atoms with van der Waals surface area (Å²) in [6.07, 6.45) is -0.459. The number of hydrogen-bond donors (Lipinski definition) is 1. The first kappa shape index (κ1) is 20.9. The fourth-order valence-corrected chi connectivity index (χ4v) is 4.17. The number of ether oxygens (including phenoxy) is 2. The van der Waals surface area contributed by atoms with Gasteiger partial charge in [0.2, 0.25) is 0 Å². The molecule has 1 N–H and O–H groups in total. The number of carboxylic acid groups (broad SMARTS) is 1. The van der Waals surface area contributed by atoms with Crippen LogP contribution in [0.1, 0.15) is 39.8 Å². The van der Waals surface area contributed by atoms with Crippen molar-refractivity contribution in [2.24, 2.45) is 0 Å². The van der Waals surface area contributed by atoms with Gasteiger partial charge in [-0.1, -0.05) is 30.3 Å². The summed E-state index contributed by atoms with van der Waals surface area (Å²) in [5.41, 5.74) is 2.24. The quantitative estimate of drug-likeness (QED) is 0.448. The Morgan fingerprint density at radius 2 is 2.00 bits per heavy atom. The third-order valence-electron chi connectivity index (χ3n) is 5.73. The number of rotatable bonds is 5. The third kappa shape index (κ3) is 3.88. The number of nitrogens with zero attached hydrogens (tertiary/aromatic N) is 2. The molecule has 1 atom stereocenters. The number of aryl methyl sites for hydroxylation is 1. The lowest BCUT2D eigenvalue weighted by Crippen LogP contribution is -2.20. The average Bonchev–Trinajstić information content (AvgIpc) is 3.09. The van der Waals surface area contributed by atoms with E-state index >= 15 is 0 Å². The SMILES string of the molecule is Cc1nc2c(O[C@H]3CCOc4cc(F)cc(F)c43)cc(C(=O)O)cc2n1Cc1ccccc1. The molecule has 0 fully saturated rings. The Labute approximate surface area is 188 Å². The molecule has 33 heavy (non-hydrogen) atoms. The third-order valence-corrected chi connectivity index (χ3v) is 5.73. The minimum Gasteiger partial charge on any atom is -0.493 e. The minimum absolute atomic E-state index is 0.0265. The van der Waals surface area contributed by atoms with Gasteiger partial charge in [0.25, 0.3) is 0 Å². The number of carboxylic acids is 1. The summed E-state index contributed by atoms with van der Waals surface area (Å²) in [6.45, 7) is 2.54. The van der Waals surface area contributed by atoms with Crippen LogP contribution in [0.15, 0.2) is 54.6 Å². The molecule has 3 aromatic carbocycles. The van der Waals surface area contributed by atoms with E-state index in [4.69, 9.17) is 9.47 Å². The molecule has 2 heterocycles. The van der Waals surface area contributed by atoms with E-state index in [-0.39, 0.29) is 29.2 Å². The van der Waals surface area contributed by atoms with Crippen molar-refractivity contribution in [2.45, 2.75) is 26.0 Å². The second kappa shape index (κ2) is 8.20. The molecule has 0 saturated heterocycles. The van der Waals surface area contributed by atoms with E-state index in [1.54, 1.807) is 6.07 Å². The Bertz CT molecular complexity index is 1370. The largest absolute Gasteiger partial charge is 0.493 e. The average molecular weight is 450 g/mol. The maximum atomic E-state index is 14.6. The molecule has 6 nitrogen and oxygen atoms in total. The van der Waals surface area contributed by atoms with E-state index in [9.17, 15) is 18.7 Å². The molecule has 0 radical (unpaired) electrons. The number of hydrogen-bond acceptors (Lipinski definition) is 4. The molecule has 168 valence electrons. The lowest BCUT2D eigenvalue weighted by atomic mass is 10.0. The molecule has 0 unspecified atom stereocenters. The Morgan fingerprint density at radius 3 is 2.76 bits per heavy atom. The van der Waals surface area contributed by atoms with Crippen LogP contribution >= 0.6 is 0 Å². The van der Waals surface area contributed by atoms with Gasteiger partial charge in [-0.3, -0.25) is 0 Å². The van der Waals surface area contributed by atoms with E-state index in [1.807, 2.05) is 41.8 Å². The standard InChI is InChI=1S/C25H20F2N2O4/c1-14-28-24-19(29(14)13-15-5-3-2-4-6-15)9-16(25(30)31)10-22(24)33-20-7-8-32-21-12-17(26)11-18(27)23(20)21/h2-6,9-12,20H,7-8,13H2,1H3,(H,30,31)/t20-/m0/s1. The van der Waals surface area contributed by atoms with Gasteiger partial charge in [-0.25, -0.2) is 18.6 Å². The van der Waals surface area contributed by atoms with E-state index in [0.29, 0.717) is 29.8 Å². The van der Waals surface area contributed by atoms with Gasteiger partial charge in [0, 0.05) is 25.1 Å². The Morgan fingerprint density at radius 1 is 1.21 bits per heavy atom. The first-order valence-corrected chi connectivity index (χ1v) is 10.5. The molecule has 0 bridgehead atoms. The van der Waals surface area contributed by atoms with Crippen molar-refractivity contribution in [3.8, 4) is 11.5 Å². The van der Waals surface area contributed by atoms with Crippen molar-refractivity contribution < 1.29 is 28.2 Å². The molecule has 4 aromatic rings. The number of aromatic carboxylic acids is 1. The summed E-state index contributed by atoms with van der Waals surface area (Å²) in [5, 5.41) is 9.69. The van der Waals surface area contributed by atoms with Gasteiger partial charge in [-0.15, -0.1) is 0 Å². The van der Waals surface area contributed by atoms with Crippen LogP contribution in [0.4, 0.5) is 8.78 Å². The Hall–Kier alpha value is -3.94. The molecule has 0 spiro atoms. The van der Waals surface area contributed by atoms with Gasteiger partial charge >= 0.3 is 5.97 Å². The highest BCUT2D eigenvalue weighted by atomic mass is 19.1. The maximum absolute atomic E-state index is 14.6. The summed E-state index contributed by atoms with van der Waals surface area (Å²) in [4.78, 5) is 16.5. The van der Waals surface area contributed by atoms with Crippen molar-refractivity contribution in [3.63, 3.8) is 0 Å². The maximum Gasteiger partial charge on any atom is 0.335 e. The van der Waals surface area contributed by atoms with E-state index in [0.717, 1.165) is 17.7 Å². The fourth-order valence-electron chi connectivity index (χ4n) is 4.17. The van der Waals surface area contributed by atoms with Crippen molar-refractivity contribution in [3.05, 3.63) is 88.7 Å². The van der Waals surface area contributed by atoms with Crippen LogP contribution in [0.2, 0.25) is 0 Å². The number of benzene rings is 3. The molecular formula is C25H20F2N2O4. The Kier molecular flexibility index (Phi) is 5.20. The second-order valence-corrected chi connectivity index (χ2v) is 7.92. The summed E-state index contributed by atoms with van der Waals surface area (Å²) < 4.78 is 41.7. The van der Waals surface area contributed by atoms with Crippen LogP contribution < -0.4 is 9.47 Å². The molecule has 0 amide bonds. The van der Waals surface area contributed by atoms with Crippen molar-refractivity contribution in [2.75, 3.05) is 6.61 Å². The second-order valence-electron chi connectivity index (χ2n) is 7.92. The highest BCUT2D eigenvalue weighted by Crippen LogP contribution is 2.40. The number of fused-ring (bicyclic) bond motifs is 2. The van der Waals surface area contributed by atoms with E-state index < -0.39 is 23.7 Å². The monoisotopic (exact) mass is 450 g/mol. The molecule has 1 aliphatic heterocycles. The highest BCUT2D eigenvalue weighted by molar-refractivity contribution is 5.95. The van der Waals surface area contributed by atoms with Crippen molar-refractivity contribution in [1.82, 2.24) is 9.55 Å². The zero-order valence-corrected chi connectivity index (χ0v) is 17.7. The predicted molar refractivity (Wildman–Crippen MR) is 117 cm³/mol. The summed E-state index contributed by atoms with van der Waals surface area (Å²) in [7, 11) is 0. The van der Waals surface area contributed by atoms with Crippen LogP contribution in [-0.4, -0.2) is 27.2 Å². The van der Waals surface area contributed by atoms with Crippen LogP contribution in [-0.2, 0) is 6.54 Å². The van der Waals surface area contributed by atoms with Crippen LogP contribution in [0, 0.1) is 18.6 Å². The number of aromatic nitrogens is 2. The molecule has 8 heteroatoms. The summed E-state index contributed by atoms with van der Waals surface area (Å²) >= 11 is 0. The van der Waals surface area contributed by atoms with Crippen molar-refractivity contribution in [1.29, 1.82) is 0 Å². The molecule has 0 aliphatic carbocycles. The first-order valence-electron chi connectivity index (χ1n) is 10.5. The summed E-state index contributed by atoms with van der Waals surface area (Å²) in [5.74, 6) is -1.64. The van der Waals surface area contributed by atoms with E-state index in [1.165, 1.54) is 6.07 Å². The number of carbonyl (C=O) groups is 1. The van der Waals surface area contributed by atoms with Crippen molar-refractivity contribution >= 4 is 17.0 Å². The van der Waals surface area contributed by atoms with Crippen LogP contribution in [0.5, 0.6) is 11.5 Å². The molecule has 1 aliphatic rings. The van der Waals surface area contributed by atoms with Gasteiger partial charge in [0.1, 0.15) is 40.6 Å². The zero-order chi connectivity index (χ0) is 23.1. The van der Waals surface area contributed by atoms with E-state index in [2.05, 4.69) is 4.98 Å². The van der Waals surface area contributed by atoms with Gasteiger partial charge < -0.3 is 19.1 Å². The lowest BCUT2D eigenvalue weighted by molar-refractivity contribution is 0.0695. The van der Waals surface area contributed by atoms with Gasteiger partial charge in [0.05, 0.1) is 23.3 Å². The zero-order valence-electron chi connectivity index (χ0n) is 17.7. The topological polar surface area (TPSA) is 73.6 Å². The molecular weight excluding hydrogens is 430 g/mol.